The normalized spacial score (nSPS) is 12.5. The van der Waals surface area contributed by atoms with Gasteiger partial charge in [0.1, 0.15) is 5.82 Å². The highest BCUT2D eigenvalue weighted by Crippen LogP contribution is 2.30. The number of hydrogen-bond donors (Lipinski definition) is 1. The van der Waals surface area contributed by atoms with Crippen molar-refractivity contribution in [2.75, 3.05) is 0 Å². The summed E-state index contributed by atoms with van der Waals surface area (Å²) in [7, 11) is 0. The Labute approximate surface area is 115 Å². The van der Waals surface area contributed by atoms with Gasteiger partial charge < -0.3 is 5.73 Å². The minimum atomic E-state index is -0.420. The van der Waals surface area contributed by atoms with E-state index in [4.69, 9.17) is 28.9 Å². The van der Waals surface area contributed by atoms with Crippen LogP contribution in [-0.4, -0.2) is 0 Å². The quantitative estimate of drug-likeness (QED) is 0.864. The maximum atomic E-state index is 13.1. The molecule has 4 heteroatoms. The van der Waals surface area contributed by atoms with E-state index in [0.717, 1.165) is 16.7 Å². The molecule has 0 amide bonds. The Morgan fingerprint density at radius 1 is 1.06 bits per heavy atom. The lowest BCUT2D eigenvalue weighted by Crippen LogP contribution is -2.14. The first kappa shape index (κ1) is 13.3. The fraction of sp³-hybridized carbons (Fsp3) is 0.143. The van der Waals surface area contributed by atoms with Crippen LogP contribution >= 0.6 is 23.2 Å². The minimum absolute atomic E-state index is 0.277. The molecule has 0 radical (unpaired) electrons. The van der Waals surface area contributed by atoms with Crippen molar-refractivity contribution in [2.24, 2.45) is 5.73 Å². The van der Waals surface area contributed by atoms with Gasteiger partial charge in [0.15, 0.2) is 0 Å². The van der Waals surface area contributed by atoms with Gasteiger partial charge in [-0.05, 0) is 53.9 Å². The van der Waals surface area contributed by atoms with E-state index < -0.39 is 6.04 Å². The number of rotatable bonds is 2. The van der Waals surface area contributed by atoms with E-state index in [-0.39, 0.29) is 5.82 Å². The lowest BCUT2D eigenvalue weighted by atomic mass is 9.96. The van der Waals surface area contributed by atoms with E-state index >= 15 is 0 Å². The maximum Gasteiger partial charge on any atom is 0.123 e. The lowest BCUT2D eigenvalue weighted by molar-refractivity contribution is 0.624. The van der Waals surface area contributed by atoms with Crippen LogP contribution in [0.15, 0.2) is 36.4 Å². The molecule has 0 aliphatic carbocycles. The van der Waals surface area contributed by atoms with Gasteiger partial charge in [-0.3, -0.25) is 0 Å². The Kier molecular flexibility index (Phi) is 3.91. The predicted octanol–water partition coefficient (Wildman–Crippen LogP) is 4.49. The van der Waals surface area contributed by atoms with Crippen molar-refractivity contribution >= 4 is 23.2 Å². The Hall–Kier alpha value is -1.09. The number of nitrogens with two attached hydrogens (primary N) is 1. The Morgan fingerprint density at radius 3 is 2.44 bits per heavy atom. The van der Waals surface area contributed by atoms with Crippen LogP contribution in [0, 0.1) is 12.7 Å². The summed E-state index contributed by atoms with van der Waals surface area (Å²) >= 11 is 12.1. The van der Waals surface area contributed by atoms with Crippen LogP contribution in [0.4, 0.5) is 4.39 Å². The van der Waals surface area contributed by atoms with Crippen molar-refractivity contribution in [2.45, 2.75) is 13.0 Å². The fourth-order valence-electron chi connectivity index (χ4n) is 1.91. The zero-order chi connectivity index (χ0) is 13.3. The standard InChI is InChI=1S/C14H12Cl2FN/c1-8-6-10(17)3-4-11(8)14(18)12-7-9(15)2-5-13(12)16/h2-7,14H,18H2,1H3. The van der Waals surface area contributed by atoms with Crippen LogP contribution in [-0.2, 0) is 0 Å². The topological polar surface area (TPSA) is 26.0 Å². The lowest BCUT2D eigenvalue weighted by Gasteiger charge is -2.17. The van der Waals surface area contributed by atoms with Crippen molar-refractivity contribution in [3.05, 3.63) is 69.0 Å². The number of halogens is 3. The van der Waals surface area contributed by atoms with Gasteiger partial charge in [-0.2, -0.15) is 0 Å². The third-order valence-corrected chi connectivity index (χ3v) is 3.44. The average Bonchev–Trinajstić information content (AvgIpc) is 2.31. The van der Waals surface area contributed by atoms with Gasteiger partial charge in [0.25, 0.3) is 0 Å². The van der Waals surface area contributed by atoms with E-state index in [1.165, 1.54) is 12.1 Å². The van der Waals surface area contributed by atoms with Crippen molar-refractivity contribution in [3.63, 3.8) is 0 Å². The molecule has 0 saturated carbocycles. The molecule has 18 heavy (non-hydrogen) atoms. The molecule has 0 fully saturated rings. The Morgan fingerprint density at radius 2 is 1.78 bits per heavy atom. The van der Waals surface area contributed by atoms with Crippen molar-refractivity contribution in [1.82, 2.24) is 0 Å². The van der Waals surface area contributed by atoms with Gasteiger partial charge >= 0.3 is 0 Å². The molecule has 1 unspecified atom stereocenters. The van der Waals surface area contributed by atoms with Crippen molar-refractivity contribution in [3.8, 4) is 0 Å². The first-order valence-corrected chi connectivity index (χ1v) is 6.21. The molecule has 2 N–H and O–H groups in total. The largest absolute Gasteiger partial charge is 0.320 e. The molecular formula is C14H12Cl2FN. The molecule has 0 saturated heterocycles. The van der Waals surface area contributed by atoms with Gasteiger partial charge in [0, 0.05) is 10.0 Å². The average molecular weight is 284 g/mol. The Bertz CT molecular complexity index is 584. The Balaban J connectivity index is 2.47. The van der Waals surface area contributed by atoms with Gasteiger partial charge in [0.05, 0.1) is 6.04 Å². The minimum Gasteiger partial charge on any atom is -0.320 e. The van der Waals surface area contributed by atoms with Crippen LogP contribution in [0.1, 0.15) is 22.7 Å². The third kappa shape index (κ3) is 2.66. The highest BCUT2D eigenvalue weighted by Gasteiger charge is 2.15. The summed E-state index contributed by atoms with van der Waals surface area (Å²) in [6.45, 7) is 1.82. The zero-order valence-electron chi connectivity index (χ0n) is 9.75. The second kappa shape index (κ2) is 5.27. The van der Waals surface area contributed by atoms with E-state index in [0.29, 0.717) is 10.0 Å². The summed E-state index contributed by atoms with van der Waals surface area (Å²) in [5.74, 6) is -0.277. The van der Waals surface area contributed by atoms with E-state index in [1.54, 1.807) is 24.3 Å². The summed E-state index contributed by atoms with van der Waals surface area (Å²) in [5, 5.41) is 1.13. The monoisotopic (exact) mass is 283 g/mol. The van der Waals surface area contributed by atoms with Gasteiger partial charge in [-0.25, -0.2) is 4.39 Å². The molecule has 0 heterocycles. The molecule has 0 aliphatic heterocycles. The van der Waals surface area contributed by atoms with Crippen molar-refractivity contribution < 1.29 is 4.39 Å². The summed E-state index contributed by atoms with van der Waals surface area (Å²) < 4.78 is 13.1. The van der Waals surface area contributed by atoms with Crippen LogP contribution < -0.4 is 5.73 Å². The second-order valence-corrected chi connectivity index (χ2v) is 4.99. The van der Waals surface area contributed by atoms with Gasteiger partial charge in [-0.15, -0.1) is 0 Å². The molecule has 2 rings (SSSR count). The molecule has 94 valence electrons. The molecular weight excluding hydrogens is 272 g/mol. The van der Waals surface area contributed by atoms with Crippen molar-refractivity contribution in [1.29, 1.82) is 0 Å². The second-order valence-electron chi connectivity index (χ2n) is 4.14. The maximum absolute atomic E-state index is 13.1. The highest BCUT2D eigenvalue weighted by molar-refractivity contribution is 6.33. The third-order valence-electron chi connectivity index (χ3n) is 2.86. The summed E-state index contributed by atoms with van der Waals surface area (Å²) in [5.41, 5.74) is 8.53. The van der Waals surface area contributed by atoms with Crippen LogP contribution in [0.2, 0.25) is 10.0 Å². The summed E-state index contributed by atoms with van der Waals surface area (Å²) in [6, 6.07) is 9.24. The van der Waals surface area contributed by atoms with Crippen LogP contribution in [0.3, 0.4) is 0 Å². The number of benzene rings is 2. The molecule has 0 spiro atoms. The molecule has 2 aromatic carbocycles. The molecule has 2 aromatic rings. The summed E-state index contributed by atoms with van der Waals surface area (Å²) in [4.78, 5) is 0. The fourth-order valence-corrected chi connectivity index (χ4v) is 2.32. The van der Waals surface area contributed by atoms with Crippen LogP contribution in [0.25, 0.3) is 0 Å². The first-order valence-electron chi connectivity index (χ1n) is 5.45. The molecule has 1 atom stereocenters. The number of hydrogen-bond acceptors (Lipinski definition) is 1. The van der Waals surface area contributed by atoms with Crippen LogP contribution in [0.5, 0.6) is 0 Å². The first-order chi connectivity index (χ1) is 8.49. The molecule has 0 aromatic heterocycles. The molecule has 0 aliphatic rings. The van der Waals surface area contributed by atoms with E-state index in [1.807, 2.05) is 6.92 Å². The summed E-state index contributed by atoms with van der Waals surface area (Å²) in [6.07, 6.45) is 0. The van der Waals surface area contributed by atoms with Gasteiger partial charge in [-0.1, -0.05) is 29.3 Å². The van der Waals surface area contributed by atoms with Gasteiger partial charge in [0.2, 0.25) is 0 Å². The van der Waals surface area contributed by atoms with E-state index in [2.05, 4.69) is 0 Å². The van der Waals surface area contributed by atoms with E-state index in [9.17, 15) is 4.39 Å². The molecule has 1 nitrogen and oxygen atoms in total. The predicted molar refractivity (Wildman–Crippen MR) is 73.6 cm³/mol. The highest BCUT2D eigenvalue weighted by atomic mass is 35.5. The SMILES string of the molecule is Cc1cc(F)ccc1C(N)c1cc(Cl)ccc1Cl. The zero-order valence-corrected chi connectivity index (χ0v) is 11.3. The molecule has 0 bridgehead atoms. The number of aryl methyl sites for hydroxylation is 1. The smallest absolute Gasteiger partial charge is 0.123 e.